The lowest BCUT2D eigenvalue weighted by atomic mass is 10.3. The predicted molar refractivity (Wildman–Crippen MR) is 65.4 cm³/mol. The van der Waals surface area contributed by atoms with Gasteiger partial charge in [-0.3, -0.25) is 4.79 Å². The van der Waals surface area contributed by atoms with E-state index in [-0.39, 0.29) is 5.69 Å². The molecule has 2 rings (SSSR count). The molecule has 1 aromatic rings. The number of carbonyl (C=O) groups is 1. The van der Waals surface area contributed by atoms with E-state index in [1.807, 2.05) is 0 Å². The smallest absolute Gasteiger partial charge is 0.296 e. The van der Waals surface area contributed by atoms with Crippen molar-refractivity contribution in [1.82, 2.24) is 14.6 Å². The van der Waals surface area contributed by atoms with E-state index < -0.39 is 12.2 Å². The zero-order valence-electron chi connectivity index (χ0n) is 10.7. The number of nitroso groups, excluding NO2 is 1. The van der Waals surface area contributed by atoms with Gasteiger partial charge in [0, 0.05) is 14.1 Å². The Labute approximate surface area is 109 Å². The van der Waals surface area contributed by atoms with Crippen molar-refractivity contribution >= 4 is 11.7 Å². The van der Waals surface area contributed by atoms with Crippen molar-refractivity contribution < 1.29 is 14.3 Å². The van der Waals surface area contributed by atoms with Crippen LogP contribution in [0, 0.1) is 4.91 Å². The fourth-order valence-corrected chi connectivity index (χ4v) is 1.79. The second-order valence-electron chi connectivity index (χ2n) is 3.93. The van der Waals surface area contributed by atoms with Gasteiger partial charge in [-0.25, -0.2) is 4.98 Å². The highest BCUT2D eigenvalue weighted by Crippen LogP contribution is 2.17. The van der Waals surface area contributed by atoms with Crippen LogP contribution in [0.15, 0.2) is 11.6 Å². The molecule has 0 aliphatic carbocycles. The number of nitrogens with zero attached hydrogens (tertiary/aromatic N) is 4. The summed E-state index contributed by atoms with van der Waals surface area (Å²) in [6, 6.07) is 0. The largest absolute Gasteiger partial charge is 0.371 e. The molecule has 0 saturated carbocycles. The molecule has 104 valence electrons. The van der Waals surface area contributed by atoms with E-state index in [1.165, 1.54) is 13.4 Å². The van der Waals surface area contributed by atoms with E-state index in [1.54, 1.807) is 11.6 Å². The molecule has 9 heteroatoms. The zero-order chi connectivity index (χ0) is 13.8. The molecule has 1 N–H and O–H groups in total. The molecular weight excluding hydrogens is 254 g/mol. The van der Waals surface area contributed by atoms with Crippen LogP contribution in [0.3, 0.4) is 0 Å². The first-order chi connectivity index (χ1) is 9.17. The first-order valence-corrected chi connectivity index (χ1v) is 5.74. The Morgan fingerprint density at radius 2 is 2.32 bits per heavy atom. The van der Waals surface area contributed by atoms with E-state index in [9.17, 15) is 9.70 Å². The van der Waals surface area contributed by atoms with Crippen LogP contribution in [-0.2, 0) is 16.0 Å². The first-order valence-electron chi connectivity index (χ1n) is 5.74. The summed E-state index contributed by atoms with van der Waals surface area (Å²) in [4.78, 5) is 26.6. The second kappa shape index (κ2) is 5.76. The molecule has 1 aromatic heterocycles. The number of rotatable bonds is 5. The summed E-state index contributed by atoms with van der Waals surface area (Å²) < 4.78 is 12.2. The summed E-state index contributed by atoms with van der Waals surface area (Å²) in [6.45, 7) is 1.37. The third kappa shape index (κ3) is 2.71. The molecule has 0 atom stereocenters. The van der Waals surface area contributed by atoms with Crippen LogP contribution in [0.2, 0.25) is 0 Å². The molecule has 1 fully saturated rings. The minimum Gasteiger partial charge on any atom is -0.371 e. The van der Waals surface area contributed by atoms with Gasteiger partial charge in [-0.1, -0.05) is 0 Å². The molecule has 1 saturated heterocycles. The average Bonchev–Trinajstić information content (AvgIpc) is 3.06. The summed E-state index contributed by atoms with van der Waals surface area (Å²) in [5.74, 6) is -0.173. The van der Waals surface area contributed by atoms with Crippen molar-refractivity contribution in [1.29, 1.82) is 0 Å². The Morgan fingerprint density at radius 1 is 1.63 bits per heavy atom. The SMILES string of the molecule is CNc1ncn(CC2OCCO2)c1C(=O)N(C)N=O. The molecule has 19 heavy (non-hydrogen) atoms. The Morgan fingerprint density at radius 3 is 2.89 bits per heavy atom. The molecule has 2 heterocycles. The van der Waals surface area contributed by atoms with Crippen molar-refractivity contribution in [2.45, 2.75) is 12.8 Å². The molecular formula is C10H15N5O4. The van der Waals surface area contributed by atoms with Crippen LogP contribution >= 0.6 is 0 Å². The summed E-state index contributed by atoms with van der Waals surface area (Å²) in [6.07, 6.45) is 1.07. The van der Waals surface area contributed by atoms with Gasteiger partial charge in [0.05, 0.1) is 31.4 Å². The number of ether oxygens (including phenoxy) is 2. The van der Waals surface area contributed by atoms with Crippen LogP contribution in [0.4, 0.5) is 5.82 Å². The molecule has 1 aliphatic rings. The Balaban J connectivity index is 2.25. The number of amides is 1. The maximum absolute atomic E-state index is 12.1. The van der Waals surface area contributed by atoms with Crippen LogP contribution < -0.4 is 5.32 Å². The van der Waals surface area contributed by atoms with E-state index >= 15 is 0 Å². The maximum Gasteiger partial charge on any atom is 0.296 e. The summed E-state index contributed by atoms with van der Waals surface area (Å²) in [7, 11) is 2.93. The van der Waals surface area contributed by atoms with Crippen molar-refractivity contribution in [3.63, 3.8) is 0 Å². The van der Waals surface area contributed by atoms with E-state index in [0.29, 0.717) is 30.6 Å². The quantitative estimate of drug-likeness (QED) is 0.599. The molecule has 0 radical (unpaired) electrons. The third-order valence-corrected chi connectivity index (χ3v) is 2.73. The van der Waals surface area contributed by atoms with Crippen LogP contribution in [0.5, 0.6) is 0 Å². The lowest BCUT2D eigenvalue weighted by Gasteiger charge is -2.14. The van der Waals surface area contributed by atoms with Gasteiger partial charge in [0.2, 0.25) is 0 Å². The van der Waals surface area contributed by atoms with Crippen molar-refractivity contribution in [2.24, 2.45) is 5.29 Å². The maximum atomic E-state index is 12.1. The number of aromatic nitrogens is 2. The Bertz CT molecular complexity index is 468. The van der Waals surface area contributed by atoms with Gasteiger partial charge in [-0.05, 0) is 0 Å². The average molecular weight is 269 g/mol. The van der Waals surface area contributed by atoms with E-state index in [2.05, 4.69) is 15.6 Å². The third-order valence-electron chi connectivity index (χ3n) is 2.73. The second-order valence-corrected chi connectivity index (χ2v) is 3.93. The molecule has 1 amide bonds. The highest BCUT2D eigenvalue weighted by atomic mass is 16.7. The number of hydrogen-bond donors (Lipinski definition) is 1. The van der Waals surface area contributed by atoms with Gasteiger partial charge in [-0.15, -0.1) is 4.91 Å². The normalized spacial score (nSPS) is 15.5. The summed E-state index contributed by atoms with van der Waals surface area (Å²) >= 11 is 0. The lowest BCUT2D eigenvalue weighted by Crippen LogP contribution is -2.27. The lowest BCUT2D eigenvalue weighted by molar-refractivity contribution is -0.0527. The Hall–Kier alpha value is -2.00. The minimum absolute atomic E-state index is 0.240. The van der Waals surface area contributed by atoms with Crippen LogP contribution in [0.25, 0.3) is 0 Å². The van der Waals surface area contributed by atoms with Gasteiger partial charge in [-0.2, -0.15) is 5.01 Å². The number of carbonyl (C=O) groups excluding carboxylic acids is 1. The van der Waals surface area contributed by atoms with Gasteiger partial charge in [0.25, 0.3) is 5.91 Å². The Kier molecular flexibility index (Phi) is 4.07. The molecule has 9 nitrogen and oxygen atoms in total. The molecule has 0 bridgehead atoms. The number of imidazole rings is 1. The topological polar surface area (TPSA) is 98.0 Å². The summed E-state index contributed by atoms with van der Waals surface area (Å²) in [5, 5.41) is 6.10. The highest BCUT2D eigenvalue weighted by molar-refractivity contribution is 5.96. The highest BCUT2D eigenvalue weighted by Gasteiger charge is 2.25. The predicted octanol–water partition coefficient (Wildman–Crippen LogP) is 0.0511. The fourth-order valence-electron chi connectivity index (χ4n) is 1.79. The first kappa shape index (κ1) is 13.4. The zero-order valence-corrected chi connectivity index (χ0v) is 10.7. The van der Waals surface area contributed by atoms with Gasteiger partial charge >= 0.3 is 0 Å². The standard InChI is InChI=1S/C10H15N5O4/c1-11-9-8(10(16)14(2)13-17)15(6-12-9)5-7-18-3-4-19-7/h6-7,11H,3-5H2,1-2H3. The molecule has 1 aliphatic heterocycles. The number of nitrogens with one attached hydrogen (secondary N) is 1. The van der Waals surface area contributed by atoms with Crippen molar-refractivity contribution in [2.75, 3.05) is 32.6 Å². The fraction of sp³-hybridized carbons (Fsp3) is 0.600. The minimum atomic E-state index is -0.546. The van der Waals surface area contributed by atoms with Gasteiger partial charge in [0.15, 0.2) is 17.8 Å². The van der Waals surface area contributed by atoms with Gasteiger partial charge in [0.1, 0.15) is 0 Å². The van der Waals surface area contributed by atoms with E-state index in [0.717, 1.165) is 0 Å². The van der Waals surface area contributed by atoms with Crippen LogP contribution in [-0.4, -0.2) is 54.1 Å². The number of hydrogen-bond acceptors (Lipinski definition) is 7. The van der Waals surface area contributed by atoms with Gasteiger partial charge < -0.3 is 19.4 Å². The monoisotopic (exact) mass is 269 g/mol. The molecule has 0 spiro atoms. The van der Waals surface area contributed by atoms with E-state index in [4.69, 9.17) is 9.47 Å². The number of anilines is 1. The summed E-state index contributed by atoms with van der Waals surface area (Å²) in [5.41, 5.74) is 0.240. The molecule has 0 unspecified atom stereocenters. The molecule has 0 aromatic carbocycles. The van der Waals surface area contributed by atoms with Crippen LogP contribution in [0.1, 0.15) is 10.5 Å². The van der Waals surface area contributed by atoms with Crippen molar-refractivity contribution in [3.05, 3.63) is 16.9 Å². The van der Waals surface area contributed by atoms with Crippen molar-refractivity contribution in [3.8, 4) is 0 Å².